The third-order valence-electron chi connectivity index (χ3n) is 2.85. The second-order valence-corrected chi connectivity index (χ2v) is 5.88. The number of benzene rings is 1. The molecule has 24 heavy (non-hydrogen) atoms. The molecule has 2 amide bonds. The van der Waals surface area contributed by atoms with Crippen LogP contribution in [0.25, 0.3) is 10.4 Å². The maximum atomic E-state index is 11.8. The maximum absolute atomic E-state index is 11.8. The van der Waals surface area contributed by atoms with Crippen LogP contribution in [0.1, 0.15) is 16.8 Å². The van der Waals surface area contributed by atoms with Crippen LogP contribution in [0.2, 0.25) is 0 Å². The van der Waals surface area contributed by atoms with Gasteiger partial charge < -0.3 is 9.39 Å². The number of carbonyl (C=O) groups is 3. The zero-order valence-corrected chi connectivity index (χ0v) is 15.0. The molecule has 0 saturated carbocycles. The van der Waals surface area contributed by atoms with Crippen LogP contribution in [-0.4, -0.2) is 41.1 Å². The zero-order chi connectivity index (χ0) is 17.2. The van der Waals surface area contributed by atoms with Crippen molar-refractivity contribution in [2.75, 3.05) is 0 Å². The van der Waals surface area contributed by atoms with E-state index in [0.29, 0.717) is 0 Å². The van der Waals surface area contributed by atoms with Crippen LogP contribution < -0.4 is 29.6 Å². The molecule has 2 rings (SSSR count). The van der Waals surface area contributed by atoms with Crippen LogP contribution in [0.15, 0.2) is 29.4 Å². The molecule has 0 aliphatic carbocycles. The Morgan fingerprint density at radius 1 is 1.33 bits per heavy atom. The van der Waals surface area contributed by atoms with Gasteiger partial charge in [-0.05, 0) is 17.7 Å². The Morgan fingerprint density at radius 3 is 2.38 bits per heavy atom. The van der Waals surface area contributed by atoms with Crippen molar-refractivity contribution in [2.45, 2.75) is 11.7 Å². The number of nitrogens with zero attached hydrogens (tertiary/aromatic N) is 4. The average molecular weight is 362 g/mol. The zero-order valence-electron chi connectivity index (χ0n) is 12.1. The van der Waals surface area contributed by atoms with Crippen LogP contribution >= 0.6 is 0 Å². The Labute approximate surface area is 157 Å². The van der Waals surface area contributed by atoms with Gasteiger partial charge in [-0.25, -0.2) is 13.2 Å². The van der Waals surface area contributed by atoms with Crippen molar-refractivity contribution in [3.8, 4) is 0 Å². The predicted molar refractivity (Wildman–Crippen MR) is 70.6 cm³/mol. The predicted octanol–water partition coefficient (Wildman–Crippen LogP) is -2.62. The van der Waals surface area contributed by atoms with Crippen molar-refractivity contribution < 1.29 is 61.7 Å². The number of azide groups is 1. The molecule has 0 N–H and O–H groups in total. The van der Waals surface area contributed by atoms with E-state index in [1.807, 2.05) is 0 Å². The molecular weight excluding hydrogens is 355 g/mol. The third-order valence-corrected chi connectivity index (χ3v) is 3.91. The van der Waals surface area contributed by atoms with Gasteiger partial charge >= 0.3 is 35.5 Å². The minimum atomic E-state index is -5.03. The first kappa shape index (κ1) is 20.1. The number of hydrogen-bond acceptors (Lipinski definition) is 8. The fraction of sp³-hybridized carbons (Fsp3) is 0.182. The summed E-state index contributed by atoms with van der Waals surface area (Å²) in [4.78, 5) is 42.1. The van der Waals surface area contributed by atoms with Crippen molar-refractivity contribution >= 4 is 33.6 Å². The van der Waals surface area contributed by atoms with Crippen LogP contribution in [0, 0.1) is 0 Å². The number of hydrogen-bond donors (Lipinski definition) is 0. The molecule has 0 aromatic heterocycles. The summed E-state index contributed by atoms with van der Waals surface area (Å²) in [6.45, 7) is 0. The van der Waals surface area contributed by atoms with E-state index in [1.54, 1.807) is 0 Å². The van der Waals surface area contributed by atoms with Gasteiger partial charge in [0.25, 0.3) is 11.8 Å². The molecule has 13 heteroatoms. The third kappa shape index (κ3) is 4.32. The Hall–Kier alpha value is -1.95. The molecule has 1 heterocycles. The van der Waals surface area contributed by atoms with Gasteiger partial charge in [-0.1, -0.05) is 17.2 Å². The maximum Gasteiger partial charge on any atom is 1.00 e. The molecule has 1 atom stereocenters. The average Bonchev–Trinajstić information content (AvgIpc) is 2.76. The number of imide groups is 1. The summed E-state index contributed by atoms with van der Waals surface area (Å²) in [5.74, 6) is -3.65. The molecule has 1 unspecified atom stereocenters. The molecule has 1 aliphatic heterocycles. The van der Waals surface area contributed by atoms with E-state index in [0.717, 1.165) is 0 Å². The Bertz CT molecular complexity index is 832. The summed E-state index contributed by atoms with van der Waals surface area (Å²) in [6.07, 6.45) is -0.881. The Balaban J connectivity index is 0.00000288. The van der Waals surface area contributed by atoms with E-state index in [4.69, 9.17) is 5.53 Å². The van der Waals surface area contributed by atoms with Gasteiger partial charge in [-0.15, -0.1) is 5.06 Å². The van der Waals surface area contributed by atoms with Crippen molar-refractivity contribution in [2.24, 2.45) is 5.11 Å². The van der Waals surface area contributed by atoms with Gasteiger partial charge in [0, 0.05) is 10.6 Å². The first-order valence-electron chi connectivity index (χ1n) is 5.93. The summed E-state index contributed by atoms with van der Waals surface area (Å²) >= 11 is 0. The molecule has 1 fully saturated rings. The van der Waals surface area contributed by atoms with E-state index in [2.05, 4.69) is 14.9 Å². The van der Waals surface area contributed by atoms with Crippen LogP contribution in [0.5, 0.6) is 0 Å². The van der Waals surface area contributed by atoms with E-state index in [9.17, 15) is 27.4 Å². The van der Waals surface area contributed by atoms with Gasteiger partial charge in [0.15, 0.2) is 0 Å². The van der Waals surface area contributed by atoms with Gasteiger partial charge in [-0.2, -0.15) is 0 Å². The molecule has 0 spiro atoms. The fourth-order valence-electron chi connectivity index (χ4n) is 1.76. The molecule has 120 valence electrons. The SMILES string of the molecule is [N-]=[N+]=Nc1ccc(C(=O)ON2C(=O)CC(S(=O)(=O)[O-])C2=O)cc1.[Na+]. The molecule has 1 aromatic rings. The smallest absolute Gasteiger partial charge is 0.747 e. The van der Waals surface area contributed by atoms with Gasteiger partial charge in [0.1, 0.15) is 15.4 Å². The second kappa shape index (κ2) is 7.75. The van der Waals surface area contributed by atoms with Crippen LogP contribution in [0.4, 0.5) is 5.69 Å². The molecule has 1 aromatic carbocycles. The van der Waals surface area contributed by atoms with E-state index in [-0.39, 0.29) is 45.9 Å². The normalized spacial score (nSPS) is 17.0. The minimum Gasteiger partial charge on any atom is -0.747 e. The van der Waals surface area contributed by atoms with Crippen molar-refractivity contribution in [3.05, 3.63) is 40.3 Å². The van der Waals surface area contributed by atoms with Crippen LogP contribution in [0.3, 0.4) is 0 Å². The summed E-state index contributed by atoms with van der Waals surface area (Å²) < 4.78 is 32.6. The molecule has 0 bridgehead atoms. The summed E-state index contributed by atoms with van der Waals surface area (Å²) in [5.41, 5.74) is 8.38. The topological polar surface area (TPSA) is 170 Å². The Kier molecular flexibility index (Phi) is 6.49. The quantitative estimate of drug-likeness (QED) is 0.141. The molecular formula is C11H7N4NaO7S. The van der Waals surface area contributed by atoms with Crippen LogP contribution in [-0.2, 0) is 24.5 Å². The summed E-state index contributed by atoms with van der Waals surface area (Å²) in [7, 11) is -5.03. The number of carbonyl (C=O) groups excluding carboxylic acids is 3. The van der Waals surface area contributed by atoms with Crippen molar-refractivity contribution in [1.29, 1.82) is 0 Å². The summed E-state index contributed by atoms with van der Waals surface area (Å²) in [6, 6.07) is 4.99. The molecule has 1 saturated heterocycles. The summed E-state index contributed by atoms with van der Waals surface area (Å²) in [5, 5.41) is 1.14. The van der Waals surface area contributed by atoms with Gasteiger partial charge in [-0.3, -0.25) is 9.59 Å². The monoisotopic (exact) mass is 362 g/mol. The van der Waals surface area contributed by atoms with Gasteiger partial charge in [0.2, 0.25) is 0 Å². The molecule has 0 radical (unpaired) electrons. The van der Waals surface area contributed by atoms with E-state index in [1.165, 1.54) is 24.3 Å². The van der Waals surface area contributed by atoms with Crippen molar-refractivity contribution in [3.63, 3.8) is 0 Å². The van der Waals surface area contributed by atoms with E-state index >= 15 is 0 Å². The number of rotatable bonds is 4. The fourth-order valence-corrected chi connectivity index (χ4v) is 2.44. The Morgan fingerprint density at radius 2 is 1.92 bits per heavy atom. The first-order valence-corrected chi connectivity index (χ1v) is 7.40. The van der Waals surface area contributed by atoms with E-state index < -0.39 is 39.6 Å². The molecule has 1 aliphatic rings. The number of hydroxylamine groups is 2. The first-order chi connectivity index (χ1) is 10.7. The van der Waals surface area contributed by atoms with Gasteiger partial charge in [0.05, 0.1) is 12.0 Å². The minimum absolute atomic E-state index is 0. The molecule has 11 nitrogen and oxygen atoms in total. The standard InChI is InChI=1S/C11H8N4O7S.Na/c12-14-13-7-3-1-6(2-4-7)11(18)22-15-9(16)5-8(10(15)17)23(19,20)21;/h1-4,8H,5H2,(H,19,20,21);/q;+1/p-1. The largest absolute Gasteiger partial charge is 1.00 e. The van der Waals surface area contributed by atoms with Crippen molar-refractivity contribution in [1.82, 2.24) is 5.06 Å². The number of amides is 2. The second-order valence-electron chi connectivity index (χ2n) is 4.33.